The van der Waals surface area contributed by atoms with Gasteiger partial charge in [-0.2, -0.15) is 0 Å². The number of benzene rings is 2. The summed E-state index contributed by atoms with van der Waals surface area (Å²) in [5.74, 6) is -0.324. The van der Waals surface area contributed by atoms with Crippen molar-refractivity contribution in [1.82, 2.24) is 19.9 Å². The lowest BCUT2D eigenvalue weighted by Gasteiger charge is -2.08. The predicted octanol–water partition coefficient (Wildman–Crippen LogP) is 8.48. The van der Waals surface area contributed by atoms with E-state index in [0.717, 1.165) is 67.1 Å². The molecule has 2 aliphatic heterocycles. The third-order valence-electron chi connectivity index (χ3n) is 8.29. The summed E-state index contributed by atoms with van der Waals surface area (Å²) < 4.78 is 11.5. The average molecular weight is 667 g/mol. The Balaban J connectivity index is 1.29. The first-order chi connectivity index (χ1) is 24.4. The number of fused-ring (bicyclic) bond motifs is 8. The largest absolute Gasteiger partial charge is 0.494 e. The highest BCUT2D eigenvalue weighted by Crippen LogP contribution is 2.33. The molecule has 8 bridgehead atoms. The van der Waals surface area contributed by atoms with Gasteiger partial charge < -0.3 is 29.7 Å². The molecule has 250 valence electrons. The van der Waals surface area contributed by atoms with Gasteiger partial charge in [0.05, 0.1) is 36.0 Å². The SMILES string of the molecule is O=C(O)CCCOc1ccc(-c2c3nc(cc4ccc([nH]4)c(-c4ccc(OCCCC(=O)O)cc4)c4ccc(cc5nc2C=C5)[nH]4)C=C3)cc1. The third kappa shape index (κ3) is 7.50. The Bertz CT molecular complexity index is 2190. The first-order valence-electron chi connectivity index (χ1n) is 16.4. The van der Waals surface area contributed by atoms with Crippen molar-refractivity contribution in [3.8, 4) is 33.8 Å². The van der Waals surface area contributed by atoms with Crippen molar-refractivity contribution in [2.24, 2.45) is 0 Å². The maximum Gasteiger partial charge on any atom is 0.303 e. The number of aliphatic carboxylic acids is 2. The highest BCUT2D eigenvalue weighted by molar-refractivity contribution is 5.94. The maximum absolute atomic E-state index is 10.8. The van der Waals surface area contributed by atoms with Gasteiger partial charge in [0.2, 0.25) is 0 Å². The van der Waals surface area contributed by atoms with Crippen LogP contribution in [0.1, 0.15) is 48.5 Å². The normalized spacial score (nSPS) is 11.8. The number of nitrogens with one attached hydrogen (secondary N) is 2. The first kappa shape index (κ1) is 32.1. The molecular weight excluding hydrogens is 632 g/mol. The predicted molar refractivity (Wildman–Crippen MR) is 194 cm³/mol. The summed E-state index contributed by atoms with van der Waals surface area (Å²) in [4.78, 5) is 38.8. The van der Waals surface area contributed by atoms with Crippen LogP contribution in [-0.4, -0.2) is 55.3 Å². The summed E-state index contributed by atoms with van der Waals surface area (Å²) in [5.41, 5.74) is 10.6. The number of carboxylic acid groups (broad SMARTS) is 2. The highest BCUT2D eigenvalue weighted by Gasteiger charge is 2.15. The lowest BCUT2D eigenvalue weighted by atomic mass is 10.0. The van der Waals surface area contributed by atoms with E-state index < -0.39 is 11.9 Å². The zero-order valence-corrected chi connectivity index (χ0v) is 27.1. The Morgan fingerprint density at radius 1 is 0.560 bits per heavy atom. The van der Waals surface area contributed by atoms with Gasteiger partial charge in [-0.1, -0.05) is 24.3 Å². The van der Waals surface area contributed by atoms with Crippen LogP contribution >= 0.6 is 0 Å². The Kier molecular flexibility index (Phi) is 9.24. The standard InChI is InChI=1S/C40H34N4O6/c45-37(46)3-1-21-49-31-13-5-25(6-14-31)39-33-17-9-27(41-33)23-29-11-19-35(43-29)40(26-7-15-32(16-8-26)50-22-2-4-38(47)48)36-20-12-30(44-36)24-28-10-18-34(39)42-28/h5-20,23-24,41-42H,1-4,21-22H2,(H,45,46)(H,47,48). The molecule has 10 heteroatoms. The monoisotopic (exact) mass is 666 g/mol. The van der Waals surface area contributed by atoms with E-state index in [2.05, 4.69) is 22.1 Å². The van der Waals surface area contributed by atoms with Crippen LogP contribution in [0.2, 0.25) is 0 Å². The second-order valence-corrected chi connectivity index (χ2v) is 11.9. The number of nitrogens with zero attached hydrogens (tertiary/aromatic N) is 2. The van der Waals surface area contributed by atoms with Crippen molar-refractivity contribution >= 4 is 58.3 Å². The van der Waals surface area contributed by atoms with Gasteiger partial charge in [-0.3, -0.25) is 9.59 Å². The second kappa shape index (κ2) is 14.4. The second-order valence-electron chi connectivity index (χ2n) is 11.9. The van der Waals surface area contributed by atoms with Crippen LogP contribution in [-0.2, 0) is 9.59 Å². The molecule has 0 atom stereocenters. The van der Waals surface area contributed by atoms with Crippen LogP contribution < -0.4 is 9.47 Å². The van der Waals surface area contributed by atoms with E-state index >= 15 is 0 Å². The lowest BCUT2D eigenvalue weighted by Crippen LogP contribution is -2.02. The van der Waals surface area contributed by atoms with Crippen LogP contribution in [0.15, 0.2) is 84.9 Å². The molecule has 0 saturated heterocycles. The fourth-order valence-corrected chi connectivity index (χ4v) is 5.94. The van der Waals surface area contributed by atoms with Crippen LogP contribution in [0.5, 0.6) is 11.5 Å². The van der Waals surface area contributed by atoms with Gasteiger partial charge in [0.1, 0.15) is 11.5 Å². The van der Waals surface area contributed by atoms with Crippen molar-refractivity contribution in [1.29, 1.82) is 0 Å². The van der Waals surface area contributed by atoms with E-state index in [1.807, 2.05) is 97.1 Å². The van der Waals surface area contributed by atoms with Gasteiger partial charge in [0.15, 0.2) is 0 Å². The van der Waals surface area contributed by atoms with Gasteiger partial charge in [0, 0.05) is 46.0 Å². The summed E-state index contributed by atoms with van der Waals surface area (Å²) in [6.07, 6.45) is 8.98. The maximum atomic E-state index is 10.8. The summed E-state index contributed by atoms with van der Waals surface area (Å²) >= 11 is 0. The first-order valence-corrected chi connectivity index (χ1v) is 16.4. The molecule has 2 aliphatic rings. The number of carbonyl (C=O) groups is 2. The van der Waals surface area contributed by atoms with Crippen molar-refractivity contribution < 1.29 is 29.3 Å². The Morgan fingerprint density at radius 3 is 1.44 bits per heavy atom. The number of aromatic amines is 2. The van der Waals surface area contributed by atoms with Gasteiger partial charge in [-0.05, 0) is 109 Å². The molecule has 0 saturated carbocycles. The smallest absolute Gasteiger partial charge is 0.303 e. The number of hydrogen-bond donors (Lipinski definition) is 4. The molecule has 7 rings (SSSR count). The van der Waals surface area contributed by atoms with Gasteiger partial charge >= 0.3 is 11.9 Å². The Morgan fingerprint density at radius 2 is 1.00 bits per heavy atom. The zero-order chi connectivity index (χ0) is 34.5. The molecule has 5 aromatic rings. The third-order valence-corrected chi connectivity index (χ3v) is 8.29. The molecule has 10 nitrogen and oxygen atoms in total. The van der Waals surface area contributed by atoms with Crippen LogP contribution in [0.25, 0.3) is 68.6 Å². The summed E-state index contributed by atoms with van der Waals surface area (Å²) in [6.45, 7) is 0.662. The van der Waals surface area contributed by atoms with Gasteiger partial charge in [-0.15, -0.1) is 0 Å². The van der Waals surface area contributed by atoms with Crippen LogP contribution in [0, 0.1) is 0 Å². The van der Waals surface area contributed by atoms with E-state index in [9.17, 15) is 9.59 Å². The van der Waals surface area contributed by atoms with Gasteiger partial charge in [0.25, 0.3) is 0 Å². The lowest BCUT2D eigenvalue weighted by molar-refractivity contribution is -0.138. The number of ether oxygens (including phenoxy) is 2. The van der Waals surface area contributed by atoms with E-state index in [0.29, 0.717) is 37.6 Å². The number of aromatic nitrogens is 4. The number of hydrogen-bond acceptors (Lipinski definition) is 6. The van der Waals surface area contributed by atoms with Crippen molar-refractivity contribution in [2.45, 2.75) is 25.7 Å². The van der Waals surface area contributed by atoms with Crippen molar-refractivity contribution in [3.63, 3.8) is 0 Å². The number of H-pyrrole nitrogens is 2. The molecule has 0 spiro atoms. The van der Waals surface area contributed by atoms with Crippen LogP contribution in [0.3, 0.4) is 0 Å². The molecule has 0 amide bonds. The summed E-state index contributed by atoms with van der Waals surface area (Å²) in [7, 11) is 0. The number of rotatable bonds is 12. The molecule has 0 aliphatic carbocycles. The molecule has 0 unspecified atom stereocenters. The Hall–Kier alpha value is -6.42. The van der Waals surface area contributed by atoms with E-state index in [4.69, 9.17) is 29.7 Å². The van der Waals surface area contributed by atoms with Crippen molar-refractivity contribution in [2.75, 3.05) is 13.2 Å². The minimum atomic E-state index is -0.837. The number of carboxylic acids is 2. The van der Waals surface area contributed by atoms with Gasteiger partial charge in [-0.25, -0.2) is 9.97 Å². The molecule has 5 heterocycles. The molecule has 2 aromatic carbocycles. The molecule has 50 heavy (non-hydrogen) atoms. The van der Waals surface area contributed by atoms with E-state index in [1.165, 1.54) is 0 Å². The van der Waals surface area contributed by atoms with E-state index in [1.54, 1.807) is 0 Å². The molecule has 3 aromatic heterocycles. The summed E-state index contributed by atoms with van der Waals surface area (Å²) in [6, 6.07) is 27.7. The van der Waals surface area contributed by atoms with E-state index in [-0.39, 0.29) is 12.8 Å². The fraction of sp³-hybridized carbons (Fsp3) is 0.150. The zero-order valence-electron chi connectivity index (χ0n) is 27.1. The molecular formula is C40H34N4O6. The minimum Gasteiger partial charge on any atom is -0.494 e. The topological polar surface area (TPSA) is 150 Å². The fourth-order valence-electron chi connectivity index (χ4n) is 5.94. The highest BCUT2D eigenvalue weighted by atomic mass is 16.5. The molecule has 4 N–H and O–H groups in total. The molecule has 0 fully saturated rings. The quantitative estimate of drug-likeness (QED) is 0.0949. The van der Waals surface area contributed by atoms with Crippen LogP contribution in [0.4, 0.5) is 0 Å². The van der Waals surface area contributed by atoms with Crippen molar-refractivity contribution in [3.05, 3.63) is 108 Å². The molecule has 0 radical (unpaired) electrons. The average Bonchev–Trinajstić information content (AvgIpc) is 3.93. The summed E-state index contributed by atoms with van der Waals surface area (Å²) in [5, 5.41) is 17.8. The Labute approximate surface area is 287 Å². The minimum absolute atomic E-state index is 0.0661.